The summed E-state index contributed by atoms with van der Waals surface area (Å²) in [5.74, 6) is -3.34. The summed E-state index contributed by atoms with van der Waals surface area (Å²) in [4.78, 5) is 45.7. The zero-order valence-corrected chi connectivity index (χ0v) is 36.8. The van der Waals surface area contributed by atoms with E-state index in [1.54, 1.807) is 13.8 Å². The predicted molar refractivity (Wildman–Crippen MR) is 222 cm³/mol. The molecule has 0 saturated heterocycles. The molecule has 15 heteroatoms. The molecular formula is C39H78ClN5O8S. The summed E-state index contributed by atoms with van der Waals surface area (Å²) in [5.41, 5.74) is 1.03. The van der Waals surface area contributed by atoms with E-state index in [1.807, 2.05) is 13.8 Å². The maximum Gasteiger partial charge on any atom is 0.307 e. The fourth-order valence-electron chi connectivity index (χ4n) is 4.54. The predicted octanol–water partition coefficient (Wildman–Crippen LogP) is 6.30. The van der Waals surface area contributed by atoms with Crippen molar-refractivity contribution >= 4 is 45.6 Å². The van der Waals surface area contributed by atoms with E-state index in [2.05, 4.69) is 61.6 Å². The minimum absolute atomic E-state index is 0.0602. The van der Waals surface area contributed by atoms with E-state index in [-0.39, 0.29) is 23.6 Å². The van der Waals surface area contributed by atoms with Crippen molar-refractivity contribution in [1.29, 1.82) is 0 Å². The lowest BCUT2D eigenvalue weighted by atomic mass is 10.1. The first-order chi connectivity index (χ1) is 25.2. The fourth-order valence-corrected chi connectivity index (χ4v) is 5.43. The molecule has 0 saturated carbocycles. The number of carbonyl (C=O) groups excluding carboxylic acids is 3. The van der Waals surface area contributed by atoms with Crippen molar-refractivity contribution in [3.63, 3.8) is 0 Å². The zero-order chi connectivity index (χ0) is 42.6. The molecule has 5 N–H and O–H groups in total. The molecule has 13 nitrogen and oxygen atoms in total. The molecule has 0 heterocycles. The number of rotatable bonds is 27. The Morgan fingerprint density at radius 3 is 1.28 bits per heavy atom. The van der Waals surface area contributed by atoms with Crippen LogP contribution < -0.4 is 20.8 Å². The van der Waals surface area contributed by atoms with Crippen LogP contribution in [0, 0.1) is 11.8 Å². The topological polar surface area (TPSA) is 194 Å². The van der Waals surface area contributed by atoms with Crippen LogP contribution in [0.3, 0.4) is 0 Å². The van der Waals surface area contributed by atoms with Crippen molar-refractivity contribution in [2.45, 2.75) is 133 Å². The second kappa shape index (κ2) is 37.4. The summed E-state index contributed by atoms with van der Waals surface area (Å²) in [6.07, 6.45) is 13.5. The Labute approximate surface area is 334 Å². The number of carboxylic acid groups (broad SMARTS) is 1. The number of carbonyl (C=O) groups is 4. The lowest BCUT2D eigenvalue weighted by Crippen LogP contribution is -2.50. The van der Waals surface area contributed by atoms with Crippen molar-refractivity contribution in [3.8, 4) is 0 Å². The van der Waals surface area contributed by atoms with Crippen molar-refractivity contribution in [3.05, 3.63) is 24.3 Å². The van der Waals surface area contributed by atoms with Gasteiger partial charge in [-0.2, -0.15) is 0 Å². The van der Waals surface area contributed by atoms with E-state index in [0.717, 1.165) is 26.2 Å². The van der Waals surface area contributed by atoms with Gasteiger partial charge in [-0.15, -0.1) is 0 Å². The molecule has 320 valence electrons. The normalized spacial score (nSPS) is 11.8. The minimum Gasteiger partial charge on any atom is -0.748 e. The summed E-state index contributed by atoms with van der Waals surface area (Å²) in [6, 6.07) is 0. The summed E-state index contributed by atoms with van der Waals surface area (Å²) in [5, 5.41) is 16.4. The van der Waals surface area contributed by atoms with E-state index < -0.39 is 27.8 Å². The third-order valence-electron chi connectivity index (χ3n) is 8.33. The van der Waals surface area contributed by atoms with Gasteiger partial charge >= 0.3 is 5.97 Å². The molecule has 0 aliphatic heterocycles. The second-order valence-corrected chi connectivity index (χ2v) is 15.6. The third-order valence-corrected chi connectivity index (χ3v) is 9.42. The van der Waals surface area contributed by atoms with Gasteiger partial charge in [0, 0.05) is 43.2 Å². The molecule has 3 amide bonds. The molecule has 0 rings (SSSR count). The summed E-state index contributed by atoms with van der Waals surface area (Å²) >= 11 is 5.20. The van der Waals surface area contributed by atoms with E-state index >= 15 is 0 Å². The van der Waals surface area contributed by atoms with Crippen molar-refractivity contribution in [2.75, 3.05) is 58.1 Å². The Morgan fingerprint density at radius 2 is 1.02 bits per heavy atom. The van der Waals surface area contributed by atoms with Gasteiger partial charge in [0.05, 0.1) is 48.0 Å². The number of aliphatic carboxylic acids is 1. The van der Waals surface area contributed by atoms with Crippen LogP contribution in [0.2, 0.25) is 0 Å². The molecule has 54 heavy (non-hydrogen) atoms. The highest BCUT2D eigenvalue weighted by molar-refractivity contribution is 7.85. The van der Waals surface area contributed by atoms with Gasteiger partial charge < -0.3 is 30.1 Å². The quantitative estimate of drug-likeness (QED) is 0.0208. The smallest absolute Gasteiger partial charge is 0.307 e. The van der Waals surface area contributed by atoms with Gasteiger partial charge in [-0.05, 0) is 70.6 Å². The number of hydrogen-bond acceptors (Lipinski definition) is 8. The minimum atomic E-state index is -4.40. The molecule has 0 radical (unpaired) electrons. The monoisotopic (exact) mass is 812 g/mol. The van der Waals surface area contributed by atoms with E-state index in [4.69, 9.17) is 16.9 Å². The van der Waals surface area contributed by atoms with Crippen LogP contribution in [-0.4, -0.2) is 104 Å². The maximum atomic E-state index is 11.4. The Morgan fingerprint density at radius 1 is 0.667 bits per heavy atom. The first kappa shape index (κ1) is 58.2. The number of hydrogen-bond donors (Lipinski definition) is 5. The van der Waals surface area contributed by atoms with Crippen LogP contribution in [0.4, 0.5) is 0 Å². The zero-order valence-electron chi connectivity index (χ0n) is 35.2. The highest BCUT2D eigenvalue weighted by atomic mass is 35.5. The van der Waals surface area contributed by atoms with E-state index in [0.29, 0.717) is 37.3 Å². The van der Waals surface area contributed by atoms with Crippen molar-refractivity contribution in [1.82, 2.24) is 20.8 Å². The first-order valence-corrected chi connectivity index (χ1v) is 21.7. The number of carboxylic acids is 1. The molecule has 0 aromatic carbocycles. The van der Waals surface area contributed by atoms with Crippen molar-refractivity contribution in [2.24, 2.45) is 11.8 Å². The van der Waals surface area contributed by atoms with Gasteiger partial charge in [0.1, 0.15) is 0 Å². The van der Waals surface area contributed by atoms with Gasteiger partial charge in [-0.1, -0.05) is 87.3 Å². The molecule has 0 aliphatic rings. The molecule has 0 aliphatic carbocycles. The first-order valence-electron chi connectivity index (χ1n) is 19.7. The fraction of sp³-hybridized carbons (Fsp3) is 0.795. The number of unbranched alkanes of at least 4 members (excludes halogenated alkanes) is 4. The molecular weight excluding hydrogens is 734 g/mol. The third kappa shape index (κ3) is 39.2. The van der Waals surface area contributed by atoms with Crippen LogP contribution >= 0.6 is 11.8 Å². The summed E-state index contributed by atoms with van der Waals surface area (Å²) in [7, 11) is -4.40. The standard InChI is InChI=1S/C16H36N.C12H22N2O2.C7H13ClN2O.C4H8O5S/c1-5-9-13-17(14-10-6-2,15-11-7-3)16-12-8-4;1-5-10(4)12(16)14-8-6-7-13-11(15)9(2)3;1-6(2)7(11)9-4-3-5-10-8;1-3(4(5)6)2-10(7,8)9/h5-16H2,1-4H3;10H,2,5-8H2,1,3-4H3,(H,13,15)(H,14,16);10H,1,3-5H2,2H3,(H,9,11);3H,2H2,1H3,(H,5,6)(H,7,8,9)/q+1;;;/p-1. The molecule has 0 aromatic rings. The van der Waals surface area contributed by atoms with Crippen LogP contribution in [-0.2, 0) is 29.3 Å². The summed E-state index contributed by atoms with van der Waals surface area (Å²) < 4.78 is 31.2. The highest BCUT2D eigenvalue weighted by Gasteiger charge is 2.24. The number of halogens is 1. The Balaban J connectivity index is -0.000000316. The van der Waals surface area contributed by atoms with Crippen LogP contribution in [0.15, 0.2) is 24.3 Å². The Bertz CT molecular complexity index is 1100. The molecule has 0 fully saturated rings. The van der Waals surface area contributed by atoms with Gasteiger partial charge in [0.25, 0.3) is 0 Å². The molecule has 0 aromatic heterocycles. The average Bonchev–Trinajstić information content (AvgIpc) is 3.11. The molecule has 2 unspecified atom stereocenters. The largest absolute Gasteiger partial charge is 0.748 e. The van der Waals surface area contributed by atoms with Crippen LogP contribution in [0.1, 0.15) is 133 Å². The lowest BCUT2D eigenvalue weighted by Gasteiger charge is -2.39. The maximum absolute atomic E-state index is 11.4. The molecule has 0 bridgehead atoms. The van der Waals surface area contributed by atoms with Gasteiger partial charge in [-0.25, -0.2) is 13.3 Å². The number of nitrogens with zero attached hydrogens (tertiary/aromatic N) is 1. The van der Waals surface area contributed by atoms with Gasteiger partial charge in [0.15, 0.2) is 0 Å². The average molecular weight is 813 g/mol. The van der Waals surface area contributed by atoms with Gasteiger partial charge in [0.2, 0.25) is 17.7 Å². The SMILES string of the molecule is C=C(C)C(=O)NCCCNC(=O)C(C)CC.C=C(C)C(=O)NCCCNCl.CC(CS(=O)(=O)[O-])C(=O)O.CCCC[N+](CCCC)(CCCC)CCCC. The number of quaternary nitrogens is 1. The van der Waals surface area contributed by atoms with E-state index in [1.165, 1.54) is 82.0 Å². The van der Waals surface area contributed by atoms with Crippen LogP contribution in [0.5, 0.6) is 0 Å². The van der Waals surface area contributed by atoms with Crippen LogP contribution in [0.25, 0.3) is 0 Å². The van der Waals surface area contributed by atoms with Gasteiger partial charge in [-0.3, -0.25) is 19.2 Å². The molecule has 2 atom stereocenters. The Hall–Kier alpha value is -2.52. The van der Waals surface area contributed by atoms with E-state index in [9.17, 15) is 32.1 Å². The lowest BCUT2D eigenvalue weighted by molar-refractivity contribution is -0.929. The van der Waals surface area contributed by atoms with Crippen molar-refractivity contribution < 1.29 is 41.7 Å². The highest BCUT2D eigenvalue weighted by Crippen LogP contribution is 2.16. The number of amides is 3. The molecule has 0 spiro atoms. The summed E-state index contributed by atoms with van der Waals surface area (Å²) in [6.45, 7) is 32.9. The second-order valence-electron chi connectivity index (χ2n) is 13.9. The number of nitrogens with one attached hydrogen (secondary N) is 4. The Kier molecular flexibility index (Phi) is 40.3.